The van der Waals surface area contributed by atoms with Crippen molar-refractivity contribution in [3.8, 4) is 5.75 Å². The van der Waals surface area contributed by atoms with Crippen LogP contribution in [0.2, 0.25) is 0 Å². The highest BCUT2D eigenvalue weighted by molar-refractivity contribution is 5.95. The first-order valence-electron chi connectivity index (χ1n) is 7.42. The first-order valence-corrected chi connectivity index (χ1v) is 7.42. The van der Waals surface area contributed by atoms with Gasteiger partial charge >= 0.3 is 5.69 Å². The van der Waals surface area contributed by atoms with Crippen molar-refractivity contribution < 1.29 is 14.5 Å². The zero-order valence-corrected chi connectivity index (χ0v) is 14.1. The monoisotopic (exact) mass is 343 g/mol. The van der Waals surface area contributed by atoms with E-state index in [0.717, 1.165) is 13.0 Å². The van der Waals surface area contributed by atoms with Crippen molar-refractivity contribution in [3.63, 3.8) is 0 Å². The van der Waals surface area contributed by atoms with E-state index in [4.69, 9.17) is 4.74 Å². The Hall–Kier alpha value is -1.86. The Morgan fingerprint density at radius 3 is 2.87 bits per heavy atom. The molecule has 1 saturated heterocycles. The number of halogens is 1. The van der Waals surface area contributed by atoms with Crippen LogP contribution in [-0.4, -0.2) is 49.0 Å². The maximum absolute atomic E-state index is 12.5. The topological polar surface area (TPSA) is 84.7 Å². The zero-order chi connectivity index (χ0) is 16.1. The SMILES string of the molecule is CCOc1ccc(C(=O)N2CCC(CNC)C2)cc1[N+](=O)[O-].Cl. The molecule has 1 amide bonds. The number of amides is 1. The van der Waals surface area contributed by atoms with Gasteiger partial charge in [-0.05, 0) is 45.0 Å². The smallest absolute Gasteiger partial charge is 0.311 e. The Balaban J connectivity index is 0.00000264. The molecule has 0 radical (unpaired) electrons. The third kappa shape index (κ3) is 4.56. The van der Waals surface area contributed by atoms with Crippen LogP contribution in [0.25, 0.3) is 0 Å². The molecule has 1 fully saturated rings. The summed E-state index contributed by atoms with van der Waals surface area (Å²) in [6.45, 7) is 4.33. The molecule has 0 aromatic heterocycles. The van der Waals surface area contributed by atoms with Crippen LogP contribution in [0.1, 0.15) is 23.7 Å². The quantitative estimate of drug-likeness (QED) is 0.631. The minimum atomic E-state index is -0.518. The molecular formula is C15H22ClN3O4. The zero-order valence-electron chi connectivity index (χ0n) is 13.3. The number of hydrogen-bond acceptors (Lipinski definition) is 5. The van der Waals surface area contributed by atoms with Gasteiger partial charge < -0.3 is 15.0 Å². The maximum Gasteiger partial charge on any atom is 0.311 e. The molecule has 23 heavy (non-hydrogen) atoms. The number of benzene rings is 1. The summed E-state index contributed by atoms with van der Waals surface area (Å²) in [6, 6.07) is 4.39. The summed E-state index contributed by atoms with van der Waals surface area (Å²) in [5.41, 5.74) is 0.166. The van der Waals surface area contributed by atoms with Crippen molar-refractivity contribution in [3.05, 3.63) is 33.9 Å². The van der Waals surface area contributed by atoms with E-state index < -0.39 is 4.92 Å². The lowest BCUT2D eigenvalue weighted by Crippen LogP contribution is -2.30. The van der Waals surface area contributed by atoms with E-state index in [2.05, 4.69) is 5.32 Å². The Morgan fingerprint density at radius 1 is 1.52 bits per heavy atom. The van der Waals surface area contributed by atoms with Gasteiger partial charge in [-0.3, -0.25) is 14.9 Å². The number of nitro groups is 1. The second-order valence-electron chi connectivity index (χ2n) is 5.34. The number of rotatable bonds is 6. The molecule has 1 aromatic carbocycles. The Morgan fingerprint density at radius 2 is 2.26 bits per heavy atom. The molecule has 1 unspecified atom stereocenters. The number of likely N-dealkylation sites (tertiary alicyclic amines) is 1. The molecule has 2 rings (SSSR count). The molecule has 7 nitrogen and oxygen atoms in total. The standard InChI is InChI=1S/C15H21N3O4.ClH/c1-3-22-14-5-4-12(8-13(14)18(20)21)15(19)17-7-6-11(10-17)9-16-2;/h4-5,8,11,16H,3,6-7,9-10H2,1-2H3;1H. The van der Waals surface area contributed by atoms with Crippen LogP contribution in [0.15, 0.2) is 18.2 Å². The van der Waals surface area contributed by atoms with E-state index in [1.54, 1.807) is 17.9 Å². The van der Waals surface area contributed by atoms with Crippen LogP contribution < -0.4 is 10.1 Å². The predicted molar refractivity (Wildman–Crippen MR) is 89.5 cm³/mol. The van der Waals surface area contributed by atoms with E-state index in [0.29, 0.717) is 31.2 Å². The molecule has 0 spiro atoms. The summed E-state index contributed by atoms with van der Waals surface area (Å²) >= 11 is 0. The van der Waals surface area contributed by atoms with E-state index in [-0.39, 0.29) is 29.8 Å². The molecule has 128 valence electrons. The Labute approximate surface area is 141 Å². The van der Waals surface area contributed by atoms with Gasteiger partial charge in [0.05, 0.1) is 11.5 Å². The van der Waals surface area contributed by atoms with Crippen molar-refractivity contribution in [2.24, 2.45) is 5.92 Å². The second-order valence-corrected chi connectivity index (χ2v) is 5.34. The minimum absolute atomic E-state index is 0. The molecule has 0 bridgehead atoms. The highest BCUT2D eigenvalue weighted by Crippen LogP contribution is 2.29. The Kier molecular flexibility index (Phi) is 7.25. The lowest BCUT2D eigenvalue weighted by molar-refractivity contribution is -0.385. The van der Waals surface area contributed by atoms with Crippen LogP contribution in [0, 0.1) is 16.0 Å². The summed E-state index contributed by atoms with van der Waals surface area (Å²) in [4.78, 5) is 24.8. The van der Waals surface area contributed by atoms with Gasteiger partial charge in [-0.1, -0.05) is 0 Å². The number of nitro benzene ring substituents is 1. The first-order chi connectivity index (χ1) is 10.6. The summed E-state index contributed by atoms with van der Waals surface area (Å²) in [7, 11) is 1.89. The maximum atomic E-state index is 12.5. The average molecular weight is 344 g/mol. The van der Waals surface area contributed by atoms with Gasteiger partial charge in [0, 0.05) is 24.7 Å². The molecule has 1 heterocycles. The number of carbonyl (C=O) groups is 1. The fraction of sp³-hybridized carbons (Fsp3) is 0.533. The molecule has 1 aromatic rings. The third-order valence-corrected chi connectivity index (χ3v) is 3.77. The fourth-order valence-corrected chi connectivity index (χ4v) is 2.73. The van der Waals surface area contributed by atoms with E-state index >= 15 is 0 Å². The first kappa shape index (κ1) is 19.2. The fourth-order valence-electron chi connectivity index (χ4n) is 2.73. The van der Waals surface area contributed by atoms with Crippen molar-refractivity contribution in [1.29, 1.82) is 0 Å². The summed E-state index contributed by atoms with van der Waals surface area (Å²) in [6.07, 6.45) is 0.950. The number of hydrogen-bond donors (Lipinski definition) is 1. The van der Waals surface area contributed by atoms with Gasteiger partial charge in [0.2, 0.25) is 0 Å². The van der Waals surface area contributed by atoms with Gasteiger partial charge in [-0.15, -0.1) is 12.4 Å². The van der Waals surface area contributed by atoms with Crippen molar-refractivity contribution in [2.75, 3.05) is 33.3 Å². The van der Waals surface area contributed by atoms with Gasteiger partial charge in [-0.25, -0.2) is 0 Å². The van der Waals surface area contributed by atoms with E-state index in [1.807, 2.05) is 7.05 Å². The molecule has 1 atom stereocenters. The summed E-state index contributed by atoms with van der Waals surface area (Å²) < 4.78 is 5.23. The average Bonchev–Trinajstić information content (AvgIpc) is 2.96. The molecule has 0 aliphatic carbocycles. The van der Waals surface area contributed by atoms with Gasteiger partial charge in [0.15, 0.2) is 5.75 Å². The molecule has 1 N–H and O–H groups in total. The van der Waals surface area contributed by atoms with Gasteiger partial charge in [0.25, 0.3) is 5.91 Å². The van der Waals surface area contributed by atoms with Gasteiger partial charge in [0.1, 0.15) is 0 Å². The molecule has 1 aliphatic rings. The normalized spacial score (nSPS) is 16.8. The Bertz CT molecular complexity index is 568. The van der Waals surface area contributed by atoms with Crippen LogP contribution in [0.3, 0.4) is 0 Å². The predicted octanol–water partition coefficient (Wildman–Crippen LogP) is 2.10. The largest absolute Gasteiger partial charge is 0.487 e. The summed E-state index contributed by atoms with van der Waals surface area (Å²) in [5, 5.41) is 14.2. The van der Waals surface area contributed by atoms with Crippen LogP contribution >= 0.6 is 12.4 Å². The highest BCUT2D eigenvalue weighted by atomic mass is 35.5. The number of nitrogens with zero attached hydrogens (tertiary/aromatic N) is 2. The third-order valence-electron chi connectivity index (χ3n) is 3.77. The van der Waals surface area contributed by atoms with Crippen LogP contribution in [0.4, 0.5) is 5.69 Å². The van der Waals surface area contributed by atoms with Crippen LogP contribution in [-0.2, 0) is 0 Å². The lowest BCUT2D eigenvalue weighted by Gasteiger charge is -2.17. The summed E-state index contributed by atoms with van der Waals surface area (Å²) in [5.74, 6) is 0.468. The lowest BCUT2D eigenvalue weighted by atomic mass is 10.1. The van der Waals surface area contributed by atoms with E-state index in [9.17, 15) is 14.9 Å². The highest BCUT2D eigenvalue weighted by Gasteiger charge is 2.28. The van der Waals surface area contributed by atoms with Gasteiger partial charge in [-0.2, -0.15) is 0 Å². The molecule has 0 saturated carbocycles. The number of nitrogens with one attached hydrogen (secondary N) is 1. The minimum Gasteiger partial charge on any atom is -0.487 e. The van der Waals surface area contributed by atoms with Crippen molar-refractivity contribution >= 4 is 24.0 Å². The number of ether oxygens (including phenoxy) is 1. The van der Waals surface area contributed by atoms with Crippen molar-refractivity contribution in [1.82, 2.24) is 10.2 Å². The van der Waals surface area contributed by atoms with E-state index in [1.165, 1.54) is 12.1 Å². The van der Waals surface area contributed by atoms with Crippen LogP contribution in [0.5, 0.6) is 5.75 Å². The van der Waals surface area contributed by atoms with Crippen molar-refractivity contribution in [2.45, 2.75) is 13.3 Å². The second kappa shape index (κ2) is 8.69. The molecule has 1 aliphatic heterocycles. The molecular weight excluding hydrogens is 322 g/mol. The molecule has 8 heteroatoms. The number of carbonyl (C=O) groups excluding carboxylic acids is 1.